The smallest absolute Gasteiger partial charge is 0.272 e. The Morgan fingerprint density at radius 1 is 0.846 bits per heavy atom. The van der Waals surface area contributed by atoms with Gasteiger partial charge < -0.3 is 19.9 Å². The summed E-state index contributed by atoms with van der Waals surface area (Å²) in [5.41, 5.74) is 2.36. The lowest BCUT2D eigenvalue weighted by Gasteiger charge is -2.08. The van der Waals surface area contributed by atoms with Gasteiger partial charge in [0, 0.05) is 30.2 Å². The highest BCUT2D eigenvalue weighted by Crippen LogP contribution is 2.17. The molecule has 2 amide bonds. The Morgan fingerprint density at radius 2 is 1.42 bits per heavy atom. The third-order valence-electron chi connectivity index (χ3n) is 3.93. The molecule has 0 aliphatic heterocycles. The molecule has 3 aromatic rings. The standard InChI is InChI=1S/C20H19N3O3/c1-23-13-3-4-18(23)20(25)22-15-7-5-14(6-8-15)19(24)21-16-9-11-17(26-2)12-10-16/h3-13H,1-2H3,(H,21,24)(H,22,25). The van der Waals surface area contributed by atoms with Crippen molar-refractivity contribution < 1.29 is 14.3 Å². The van der Waals surface area contributed by atoms with E-state index in [1.807, 2.05) is 19.3 Å². The second-order valence-electron chi connectivity index (χ2n) is 5.72. The Kier molecular flexibility index (Phi) is 5.03. The fourth-order valence-electron chi connectivity index (χ4n) is 2.47. The minimum Gasteiger partial charge on any atom is -0.497 e. The van der Waals surface area contributed by atoms with Gasteiger partial charge in [-0.3, -0.25) is 9.59 Å². The van der Waals surface area contributed by atoms with Gasteiger partial charge in [0.15, 0.2) is 0 Å². The van der Waals surface area contributed by atoms with Crippen LogP contribution >= 0.6 is 0 Å². The maximum Gasteiger partial charge on any atom is 0.272 e. The molecular weight excluding hydrogens is 330 g/mol. The van der Waals surface area contributed by atoms with Gasteiger partial charge in [-0.25, -0.2) is 0 Å². The van der Waals surface area contributed by atoms with Crippen LogP contribution in [0, 0.1) is 0 Å². The number of amides is 2. The highest BCUT2D eigenvalue weighted by Gasteiger charge is 2.10. The minimum atomic E-state index is -0.226. The normalized spacial score (nSPS) is 10.2. The zero-order chi connectivity index (χ0) is 18.5. The predicted octanol–water partition coefficient (Wildman–Crippen LogP) is 3.54. The fourth-order valence-corrected chi connectivity index (χ4v) is 2.47. The summed E-state index contributed by atoms with van der Waals surface area (Å²) in [5.74, 6) is 0.296. The molecule has 132 valence electrons. The molecule has 2 N–H and O–H groups in total. The largest absolute Gasteiger partial charge is 0.497 e. The summed E-state index contributed by atoms with van der Waals surface area (Å²) >= 11 is 0. The van der Waals surface area contributed by atoms with Crippen LogP contribution in [0.5, 0.6) is 5.75 Å². The van der Waals surface area contributed by atoms with Crippen LogP contribution in [0.2, 0.25) is 0 Å². The van der Waals surface area contributed by atoms with Crippen molar-refractivity contribution >= 4 is 23.2 Å². The van der Waals surface area contributed by atoms with Gasteiger partial charge in [-0.1, -0.05) is 0 Å². The quantitative estimate of drug-likeness (QED) is 0.740. The molecule has 0 bridgehead atoms. The van der Waals surface area contributed by atoms with Crippen LogP contribution in [0.25, 0.3) is 0 Å². The van der Waals surface area contributed by atoms with E-state index < -0.39 is 0 Å². The Balaban J connectivity index is 1.63. The van der Waals surface area contributed by atoms with Crippen LogP contribution < -0.4 is 15.4 Å². The van der Waals surface area contributed by atoms with Crippen LogP contribution in [-0.4, -0.2) is 23.5 Å². The number of rotatable bonds is 5. The average molecular weight is 349 g/mol. The van der Waals surface area contributed by atoms with E-state index in [1.165, 1.54) is 0 Å². The molecule has 3 rings (SSSR count). The van der Waals surface area contributed by atoms with Crippen molar-refractivity contribution in [2.45, 2.75) is 0 Å². The van der Waals surface area contributed by atoms with Crippen molar-refractivity contribution in [3.05, 3.63) is 78.1 Å². The molecule has 0 atom stereocenters. The van der Waals surface area contributed by atoms with E-state index in [9.17, 15) is 9.59 Å². The molecule has 0 spiro atoms. The maximum atomic E-state index is 12.3. The zero-order valence-corrected chi connectivity index (χ0v) is 14.5. The van der Waals surface area contributed by atoms with E-state index in [-0.39, 0.29) is 11.8 Å². The van der Waals surface area contributed by atoms with E-state index >= 15 is 0 Å². The molecule has 0 aliphatic rings. The zero-order valence-electron chi connectivity index (χ0n) is 14.5. The van der Waals surface area contributed by atoms with E-state index in [0.29, 0.717) is 22.6 Å². The molecular formula is C20H19N3O3. The van der Waals surface area contributed by atoms with Crippen molar-refractivity contribution in [2.24, 2.45) is 7.05 Å². The second-order valence-corrected chi connectivity index (χ2v) is 5.72. The van der Waals surface area contributed by atoms with Crippen LogP contribution in [0.1, 0.15) is 20.8 Å². The second kappa shape index (κ2) is 7.57. The van der Waals surface area contributed by atoms with Crippen molar-refractivity contribution in [1.82, 2.24) is 4.57 Å². The lowest BCUT2D eigenvalue weighted by atomic mass is 10.2. The molecule has 2 aromatic carbocycles. The van der Waals surface area contributed by atoms with Gasteiger partial charge >= 0.3 is 0 Å². The Morgan fingerprint density at radius 3 is 1.96 bits per heavy atom. The number of nitrogens with zero attached hydrogens (tertiary/aromatic N) is 1. The Hall–Kier alpha value is -3.54. The third kappa shape index (κ3) is 3.92. The van der Waals surface area contributed by atoms with Crippen LogP contribution in [0.4, 0.5) is 11.4 Å². The van der Waals surface area contributed by atoms with Gasteiger partial charge in [0.25, 0.3) is 11.8 Å². The lowest BCUT2D eigenvalue weighted by Crippen LogP contribution is -2.16. The molecule has 0 aliphatic carbocycles. The predicted molar refractivity (Wildman–Crippen MR) is 101 cm³/mol. The molecule has 0 unspecified atom stereocenters. The van der Waals surface area contributed by atoms with Crippen LogP contribution in [0.3, 0.4) is 0 Å². The summed E-state index contributed by atoms with van der Waals surface area (Å²) in [6.07, 6.45) is 1.81. The molecule has 26 heavy (non-hydrogen) atoms. The number of nitrogens with one attached hydrogen (secondary N) is 2. The van der Waals surface area contributed by atoms with Gasteiger partial charge in [0.2, 0.25) is 0 Å². The highest BCUT2D eigenvalue weighted by molar-refractivity contribution is 6.05. The first-order valence-electron chi connectivity index (χ1n) is 8.05. The molecule has 0 saturated carbocycles. The molecule has 0 fully saturated rings. The van der Waals surface area contributed by atoms with E-state index in [0.717, 1.165) is 5.75 Å². The number of anilines is 2. The van der Waals surface area contributed by atoms with Gasteiger partial charge in [0.05, 0.1) is 7.11 Å². The van der Waals surface area contributed by atoms with Crippen molar-refractivity contribution in [2.75, 3.05) is 17.7 Å². The molecule has 1 aromatic heterocycles. The van der Waals surface area contributed by atoms with Crippen molar-refractivity contribution in [1.29, 1.82) is 0 Å². The highest BCUT2D eigenvalue weighted by atomic mass is 16.5. The topological polar surface area (TPSA) is 72.4 Å². The number of methoxy groups -OCH3 is 1. The number of ether oxygens (including phenoxy) is 1. The van der Waals surface area contributed by atoms with Gasteiger partial charge in [0.1, 0.15) is 11.4 Å². The van der Waals surface area contributed by atoms with Crippen molar-refractivity contribution in [3.8, 4) is 5.75 Å². The van der Waals surface area contributed by atoms with E-state index in [4.69, 9.17) is 4.74 Å². The molecule has 0 radical (unpaired) electrons. The number of hydrogen-bond acceptors (Lipinski definition) is 3. The number of carbonyl (C=O) groups is 2. The number of aromatic nitrogens is 1. The summed E-state index contributed by atoms with van der Waals surface area (Å²) in [5, 5.41) is 5.62. The number of aryl methyl sites for hydroxylation is 1. The van der Waals surface area contributed by atoms with Gasteiger partial charge in [-0.2, -0.15) is 0 Å². The lowest BCUT2D eigenvalue weighted by molar-refractivity contribution is 0.101. The third-order valence-corrected chi connectivity index (χ3v) is 3.93. The number of benzene rings is 2. The first-order valence-corrected chi connectivity index (χ1v) is 8.05. The summed E-state index contributed by atoms with van der Waals surface area (Å²) < 4.78 is 6.83. The summed E-state index contributed by atoms with van der Waals surface area (Å²) in [6, 6.07) is 17.4. The molecule has 6 nitrogen and oxygen atoms in total. The Bertz CT molecular complexity index is 912. The summed E-state index contributed by atoms with van der Waals surface area (Å²) in [6.45, 7) is 0. The number of hydrogen-bond donors (Lipinski definition) is 2. The van der Waals surface area contributed by atoms with Gasteiger partial charge in [-0.15, -0.1) is 0 Å². The average Bonchev–Trinajstić information content (AvgIpc) is 3.09. The Labute approximate surface area is 151 Å². The SMILES string of the molecule is COc1ccc(NC(=O)c2ccc(NC(=O)c3cccn3C)cc2)cc1. The van der Waals surface area contributed by atoms with Crippen molar-refractivity contribution in [3.63, 3.8) is 0 Å². The molecule has 0 saturated heterocycles. The summed E-state index contributed by atoms with van der Waals surface area (Å²) in [4.78, 5) is 24.5. The fraction of sp³-hybridized carbons (Fsp3) is 0.100. The first-order chi connectivity index (χ1) is 12.6. The van der Waals surface area contributed by atoms with Crippen LogP contribution in [0.15, 0.2) is 66.9 Å². The minimum absolute atomic E-state index is 0.201. The van der Waals surface area contributed by atoms with Gasteiger partial charge in [-0.05, 0) is 60.7 Å². The van der Waals surface area contributed by atoms with E-state index in [2.05, 4.69) is 10.6 Å². The first kappa shape index (κ1) is 17.3. The monoisotopic (exact) mass is 349 g/mol. The summed E-state index contributed by atoms with van der Waals surface area (Å²) in [7, 11) is 3.40. The van der Waals surface area contributed by atoms with Crippen LogP contribution in [-0.2, 0) is 7.05 Å². The number of carbonyl (C=O) groups excluding carboxylic acids is 2. The van der Waals surface area contributed by atoms with E-state index in [1.54, 1.807) is 66.3 Å². The molecule has 1 heterocycles. The maximum absolute atomic E-state index is 12.3. The molecule has 6 heteroatoms.